The molecule has 0 atom stereocenters. The number of hydrogen-bond acceptors (Lipinski definition) is 6. The molecule has 0 spiro atoms. The van der Waals surface area contributed by atoms with Crippen molar-refractivity contribution in [3.63, 3.8) is 0 Å². The van der Waals surface area contributed by atoms with E-state index >= 15 is 0 Å². The summed E-state index contributed by atoms with van der Waals surface area (Å²) in [5.41, 5.74) is 1.23. The Morgan fingerprint density at radius 3 is 2.63 bits per heavy atom. The number of piperazine rings is 1. The number of nitrogens with zero attached hydrogens (tertiary/aromatic N) is 2. The average molecular weight is 410 g/mol. The Hall–Kier alpha value is -1.80. The Balaban J connectivity index is 0.00000210. The van der Waals surface area contributed by atoms with E-state index in [0.29, 0.717) is 19.9 Å². The fraction of sp³-hybridized carbons (Fsp3) is 0.421. The van der Waals surface area contributed by atoms with Crippen LogP contribution in [0.5, 0.6) is 11.5 Å². The van der Waals surface area contributed by atoms with Crippen LogP contribution in [-0.4, -0.2) is 55.2 Å². The van der Waals surface area contributed by atoms with E-state index in [2.05, 4.69) is 27.2 Å². The zero-order chi connectivity index (χ0) is 17.8. The zero-order valence-electron chi connectivity index (χ0n) is 15.1. The summed E-state index contributed by atoms with van der Waals surface area (Å²) in [6.45, 7) is 6.07. The van der Waals surface area contributed by atoms with E-state index in [1.54, 1.807) is 11.3 Å². The van der Waals surface area contributed by atoms with E-state index in [1.165, 1.54) is 10.4 Å². The standard InChI is InChI=1S/C19H23N3O3S.ClH/c23-19(20-11-16-2-1-9-26-16)13-22-7-5-21(6-8-22)12-15-3-4-17-18(10-15)25-14-24-17;/h1-4,9-10H,5-8,11-14H2,(H,20,23);1H. The second kappa shape index (κ2) is 9.41. The van der Waals surface area contributed by atoms with Crippen molar-refractivity contribution >= 4 is 29.7 Å². The molecule has 1 N–H and O–H groups in total. The Morgan fingerprint density at radius 2 is 1.85 bits per heavy atom. The van der Waals surface area contributed by atoms with Crippen molar-refractivity contribution in [1.82, 2.24) is 15.1 Å². The molecule has 3 heterocycles. The third-order valence-corrected chi connectivity index (χ3v) is 5.59. The second-order valence-electron chi connectivity index (χ2n) is 6.60. The normalized spacial score (nSPS) is 16.7. The second-order valence-corrected chi connectivity index (χ2v) is 7.63. The van der Waals surface area contributed by atoms with Gasteiger partial charge in [-0.15, -0.1) is 23.7 Å². The summed E-state index contributed by atoms with van der Waals surface area (Å²) in [4.78, 5) is 17.9. The van der Waals surface area contributed by atoms with Crippen LogP contribution in [0.2, 0.25) is 0 Å². The van der Waals surface area contributed by atoms with Crippen molar-refractivity contribution in [2.24, 2.45) is 0 Å². The van der Waals surface area contributed by atoms with Gasteiger partial charge in [0.1, 0.15) is 0 Å². The number of hydrogen-bond donors (Lipinski definition) is 1. The van der Waals surface area contributed by atoms with E-state index in [0.717, 1.165) is 44.2 Å². The number of halogens is 1. The van der Waals surface area contributed by atoms with Crippen LogP contribution >= 0.6 is 23.7 Å². The van der Waals surface area contributed by atoms with Crippen LogP contribution < -0.4 is 14.8 Å². The van der Waals surface area contributed by atoms with Gasteiger partial charge in [-0.3, -0.25) is 14.6 Å². The number of fused-ring (bicyclic) bond motifs is 1. The maximum absolute atomic E-state index is 12.1. The van der Waals surface area contributed by atoms with Crippen LogP contribution in [0.15, 0.2) is 35.7 Å². The maximum Gasteiger partial charge on any atom is 0.234 e. The first-order chi connectivity index (χ1) is 12.8. The highest BCUT2D eigenvalue weighted by Crippen LogP contribution is 2.32. The van der Waals surface area contributed by atoms with Gasteiger partial charge in [-0.05, 0) is 29.1 Å². The smallest absolute Gasteiger partial charge is 0.234 e. The molecule has 1 amide bonds. The third-order valence-electron chi connectivity index (χ3n) is 4.72. The summed E-state index contributed by atoms with van der Waals surface area (Å²) >= 11 is 1.67. The Labute approximate surface area is 169 Å². The molecule has 2 aliphatic rings. The molecular weight excluding hydrogens is 386 g/mol. The molecule has 27 heavy (non-hydrogen) atoms. The average Bonchev–Trinajstić information content (AvgIpc) is 3.33. The van der Waals surface area contributed by atoms with Gasteiger partial charge in [0.2, 0.25) is 12.7 Å². The maximum atomic E-state index is 12.1. The van der Waals surface area contributed by atoms with Gasteiger partial charge < -0.3 is 14.8 Å². The highest BCUT2D eigenvalue weighted by Gasteiger charge is 2.20. The molecule has 0 radical (unpaired) electrons. The number of benzene rings is 1. The molecule has 1 aromatic heterocycles. The quantitative estimate of drug-likeness (QED) is 0.793. The van der Waals surface area contributed by atoms with Crippen LogP contribution in [0.4, 0.5) is 0 Å². The molecular formula is C19H24ClN3O3S. The van der Waals surface area contributed by atoms with Gasteiger partial charge in [-0.25, -0.2) is 0 Å². The van der Waals surface area contributed by atoms with Crippen LogP contribution in [0, 0.1) is 0 Å². The summed E-state index contributed by atoms with van der Waals surface area (Å²) in [5, 5.41) is 5.03. The fourth-order valence-electron chi connectivity index (χ4n) is 3.26. The van der Waals surface area contributed by atoms with E-state index in [-0.39, 0.29) is 18.3 Å². The minimum Gasteiger partial charge on any atom is -0.454 e. The molecule has 0 aliphatic carbocycles. The summed E-state index contributed by atoms with van der Waals surface area (Å²) < 4.78 is 10.8. The van der Waals surface area contributed by atoms with Crippen molar-refractivity contribution in [2.45, 2.75) is 13.1 Å². The molecule has 1 aromatic carbocycles. The van der Waals surface area contributed by atoms with E-state index in [9.17, 15) is 4.79 Å². The molecule has 0 unspecified atom stereocenters. The lowest BCUT2D eigenvalue weighted by Gasteiger charge is -2.34. The first-order valence-electron chi connectivity index (χ1n) is 8.88. The number of ether oxygens (including phenoxy) is 2. The van der Waals surface area contributed by atoms with E-state index in [1.807, 2.05) is 23.6 Å². The van der Waals surface area contributed by atoms with Crippen molar-refractivity contribution in [1.29, 1.82) is 0 Å². The predicted octanol–water partition coefficient (Wildman–Crippen LogP) is 2.33. The van der Waals surface area contributed by atoms with Gasteiger partial charge in [0.05, 0.1) is 13.1 Å². The number of carbonyl (C=O) groups excluding carboxylic acids is 1. The molecule has 146 valence electrons. The van der Waals surface area contributed by atoms with Crippen LogP contribution in [0.1, 0.15) is 10.4 Å². The Bertz CT molecular complexity index is 749. The molecule has 1 fully saturated rings. The number of nitrogens with one attached hydrogen (secondary N) is 1. The minimum atomic E-state index is 0. The summed E-state index contributed by atoms with van der Waals surface area (Å²) in [5.74, 6) is 1.76. The number of thiophene rings is 1. The van der Waals surface area contributed by atoms with Gasteiger partial charge in [0.15, 0.2) is 11.5 Å². The highest BCUT2D eigenvalue weighted by molar-refractivity contribution is 7.09. The van der Waals surface area contributed by atoms with E-state index < -0.39 is 0 Å². The number of rotatable bonds is 6. The first kappa shape index (κ1) is 19.9. The molecule has 6 nitrogen and oxygen atoms in total. The van der Waals surface area contributed by atoms with Crippen LogP contribution in [-0.2, 0) is 17.9 Å². The fourth-order valence-corrected chi connectivity index (χ4v) is 3.91. The number of carbonyl (C=O) groups is 1. The Kier molecular flexibility index (Phi) is 6.95. The molecule has 0 saturated carbocycles. The highest BCUT2D eigenvalue weighted by atomic mass is 35.5. The summed E-state index contributed by atoms with van der Waals surface area (Å²) in [7, 11) is 0. The largest absolute Gasteiger partial charge is 0.454 e. The van der Waals surface area contributed by atoms with Crippen molar-refractivity contribution < 1.29 is 14.3 Å². The predicted molar refractivity (Wildman–Crippen MR) is 108 cm³/mol. The summed E-state index contributed by atoms with van der Waals surface area (Å²) in [6.07, 6.45) is 0. The lowest BCUT2D eigenvalue weighted by molar-refractivity contribution is -0.122. The molecule has 2 aromatic rings. The topological polar surface area (TPSA) is 54.0 Å². The lowest BCUT2D eigenvalue weighted by atomic mass is 10.1. The zero-order valence-corrected chi connectivity index (χ0v) is 16.7. The summed E-state index contributed by atoms with van der Waals surface area (Å²) in [6, 6.07) is 10.2. The molecule has 2 aliphatic heterocycles. The molecule has 1 saturated heterocycles. The monoisotopic (exact) mass is 409 g/mol. The lowest BCUT2D eigenvalue weighted by Crippen LogP contribution is -2.49. The SMILES string of the molecule is Cl.O=C(CN1CCN(Cc2ccc3c(c2)OCO3)CC1)NCc1cccs1. The van der Waals surface area contributed by atoms with Crippen molar-refractivity contribution in [3.05, 3.63) is 46.2 Å². The Morgan fingerprint density at radius 1 is 1.07 bits per heavy atom. The van der Waals surface area contributed by atoms with Gasteiger partial charge in [-0.2, -0.15) is 0 Å². The molecule has 8 heteroatoms. The molecule has 0 bridgehead atoms. The van der Waals surface area contributed by atoms with Crippen molar-refractivity contribution in [3.8, 4) is 11.5 Å². The first-order valence-corrected chi connectivity index (χ1v) is 9.76. The van der Waals surface area contributed by atoms with Gasteiger partial charge in [-0.1, -0.05) is 12.1 Å². The van der Waals surface area contributed by atoms with Crippen LogP contribution in [0.25, 0.3) is 0 Å². The van der Waals surface area contributed by atoms with E-state index in [4.69, 9.17) is 9.47 Å². The molecule has 4 rings (SSSR count). The van der Waals surface area contributed by atoms with Crippen LogP contribution in [0.3, 0.4) is 0 Å². The number of amides is 1. The minimum absolute atomic E-state index is 0. The van der Waals surface area contributed by atoms with Gasteiger partial charge >= 0.3 is 0 Å². The van der Waals surface area contributed by atoms with Crippen molar-refractivity contribution in [2.75, 3.05) is 39.5 Å². The third kappa shape index (κ3) is 5.35. The van der Waals surface area contributed by atoms with Gasteiger partial charge in [0, 0.05) is 37.6 Å². The van der Waals surface area contributed by atoms with Gasteiger partial charge in [0.25, 0.3) is 0 Å².